The number of pyridine rings is 1. The summed E-state index contributed by atoms with van der Waals surface area (Å²) in [7, 11) is 0. The Balaban J connectivity index is 1.63. The summed E-state index contributed by atoms with van der Waals surface area (Å²) in [5.41, 5.74) is 5.13. The summed E-state index contributed by atoms with van der Waals surface area (Å²) in [6.45, 7) is 12.5. The number of aryl methyl sites for hydroxylation is 1. The molecule has 0 spiro atoms. The van der Waals surface area contributed by atoms with Crippen LogP contribution in [0, 0.1) is 6.92 Å². The lowest BCUT2D eigenvalue weighted by Crippen LogP contribution is -2.61. The van der Waals surface area contributed by atoms with Gasteiger partial charge in [-0.15, -0.1) is 0 Å². The molecule has 2 fully saturated rings. The van der Waals surface area contributed by atoms with Crippen LogP contribution in [-0.4, -0.2) is 56.0 Å². The maximum Gasteiger partial charge on any atom is 0.161 e. The fourth-order valence-corrected chi connectivity index (χ4v) is 5.45. The Hall–Kier alpha value is -2.48. The van der Waals surface area contributed by atoms with E-state index in [1.54, 1.807) is 12.1 Å². The average Bonchev–Trinajstić information content (AvgIpc) is 3.16. The minimum atomic E-state index is -0.0677. The van der Waals surface area contributed by atoms with Crippen molar-refractivity contribution < 1.29 is 9.84 Å². The van der Waals surface area contributed by atoms with Gasteiger partial charge in [0.1, 0.15) is 5.75 Å². The maximum absolute atomic E-state index is 9.81. The molecule has 0 amide bonds. The Morgan fingerprint density at radius 3 is 2.71 bits per heavy atom. The first-order valence-electron chi connectivity index (χ1n) is 12.6. The molecular formula is C27H37N5O2. The third-order valence-corrected chi connectivity index (χ3v) is 7.29. The second kappa shape index (κ2) is 9.29. The second-order valence-electron chi connectivity index (χ2n) is 10.5. The van der Waals surface area contributed by atoms with Crippen LogP contribution in [0.15, 0.2) is 30.3 Å². The van der Waals surface area contributed by atoms with Gasteiger partial charge in [-0.1, -0.05) is 6.92 Å². The number of hydrogen-bond donors (Lipinski definition) is 2. The van der Waals surface area contributed by atoms with Gasteiger partial charge < -0.3 is 15.2 Å². The zero-order valence-electron chi connectivity index (χ0n) is 20.8. The van der Waals surface area contributed by atoms with E-state index >= 15 is 0 Å². The van der Waals surface area contributed by atoms with Crippen molar-refractivity contribution in [3.05, 3.63) is 41.6 Å². The summed E-state index contributed by atoms with van der Waals surface area (Å²) < 4.78 is 8.12. The number of aromatic hydroxyl groups is 1. The lowest BCUT2D eigenvalue weighted by Gasteiger charge is -2.44. The van der Waals surface area contributed by atoms with Gasteiger partial charge in [0.15, 0.2) is 11.9 Å². The van der Waals surface area contributed by atoms with E-state index in [1.165, 1.54) is 5.56 Å². The van der Waals surface area contributed by atoms with Crippen molar-refractivity contribution in [3.63, 3.8) is 0 Å². The summed E-state index contributed by atoms with van der Waals surface area (Å²) >= 11 is 0. The highest BCUT2D eigenvalue weighted by atomic mass is 16.5. The molecule has 2 aliphatic heterocycles. The quantitative estimate of drug-likeness (QED) is 0.568. The van der Waals surface area contributed by atoms with Crippen molar-refractivity contribution >= 4 is 11.0 Å². The Morgan fingerprint density at radius 2 is 2.00 bits per heavy atom. The smallest absolute Gasteiger partial charge is 0.161 e. The van der Waals surface area contributed by atoms with E-state index in [1.807, 2.05) is 16.8 Å². The molecule has 7 heteroatoms. The van der Waals surface area contributed by atoms with Gasteiger partial charge in [0.05, 0.1) is 11.4 Å². The van der Waals surface area contributed by atoms with Gasteiger partial charge in [-0.05, 0) is 82.3 Å². The molecule has 0 radical (unpaired) electrons. The molecular weight excluding hydrogens is 426 g/mol. The van der Waals surface area contributed by atoms with Crippen LogP contribution in [0.3, 0.4) is 0 Å². The minimum absolute atomic E-state index is 0.0677. The number of ether oxygens (including phenoxy) is 1. The zero-order valence-corrected chi connectivity index (χ0v) is 20.8. The van der Waals surface area contributed by atoms with E-state index in [4.69, 9.17) is 14.8 Å². The second-order valence-corrected chi connectivity index (χ2v) is 10.5. The van der Waals surface area contributed by atoms with E-state index in [2.05, 4.69) is 44.0 Å². The molecule has 0 saturated carbocycles. The molecule has 2 saturated heterocycles. The van der Waals surface area contributed by atoms with Gasteiger partial charge in [-0.3, -0.25) is 4.90 Å². The number of nitrogens with one attached hydrogen (secondary N) is 1. The average molecular weight is 464 g/mol. The Kier molecular flexibility index (Phi) is 6.35. The van der Waals surface area contributed by atoms with Crippen LogP contribution >= 0.6 is 0 Å². The summed E-state index contributed by atoms with van der Waals surface area (Å²) in [4.78, 5) is 7.71. The number of hydrogen-bond acceptors (Lipinski definition) is 6. The number of benzene rings is 1. The van der Waals surface area contributed by atoms with E-state index in [-0.39, 0.29) is 17.5 Å². The van der Waals surface area contributed by atoms with Gasteiger partial charge >= 0.3 is 0 Å². The summed E-state index contributed by atoms with van der Waals surface area (Å²) in [5.74, 6) is 0.260. The molecule has 0 bridgehead atoms. The number of nitrogens with zero attached hydrogens (tertiary/aromatic N) is 4. The number of rotatable bonds is 5. The lowest BCUT2D eigenvalue weighted by molar-refractivity contribution is -0.0371. The van der Waals surface area contributed by atoms with Crippen LogP contribution < -0.4 is 5.32 Å². The van der Waals surface area contributed by atoms with Crippen molar-refractivity contribution in [1.29, 1.82) is 0 Å². The molecule has 7 nitrogen and oxygen atoms in total. The van der Waals surface area contributed by atoms with E-state index in [0.29, 0.717) is 6.04 Å². The van der Waals surface area contributed by atoms with Crippen molar-refractivity contribution in [3.8, 4) is 17.0 Å². The molecule has 0 aliphatic carbocycles. The molecule has 2 aliphatic rings. The predicted octanol–water partition coefficient (Wildman–Crippen LogP) is 4.77. The SMILES string of the molecule is CCC1CNC(C)(C)CN1Cc1cc(-c2ccc(O)cc2)nc2c1c(C)nn2C1CCCCO1. The predicted molar refractivity (Wildman–Crippen MR) is 135 cm³/mol. The van der Waals surface area contributed by atoms with Gasteiger partial charge in [0.2, 0.25) is 0 Å². The molecule has 2 unspecified atom stereocenters. The van der Waals surface area contributed by atoms with Crippen LogP contribution in [0.25, 0.3) is 22.3 Å². The highest BCUT2D eigenvalue weighted by Gasteiger charge is 2.32. The largest absolute Gasteiger partial charge is 0.508 e. The van der Waals surface area contributed by atoms with E-state index < -0.39 is 0 Å². The van der Waals surface area contributed by atoms with Crippen molar-refractivity contribution in [1.82, 2.24) is 25.0 Å². The molecule has 2 atom stereocenters. The maximum atomic E-state index is 9.81. The van der Waals surface area contributed by atoms with Gasteiger partial charge in [0.25, 0.3) is 0 Å². The third kappa shape index (κ3) is 4.57. The van der Waals surface area contributed by atoms with E-state index in [9.17, 15) is 5.11 Å². The van der Waals surface area contributed by atoms with Crippen molar-refractivity contribution in [2.75, 3.05) is 19.7 Å². The first-order chi connectivity index (χ1) is 16.3. The number of phenols is 1. The highest BCUT2D eigenvalue weighted by molar-refractivity contribution is 5.85. The number of phenolic OH excluding ortho intramolecular Hbond substituents is 1. The Morgan fingerprint density at radius 1 is 1.21 bits per heavy atom. The first-order valence-corrected chi connectivity index (χ1v) is 12.6. The van der Waals surface area contributed by atoms with Crippen LogP contribution in [0.5, 0.6) is 5.75 Å². The standard InChI is InChI=1S/C27H37N5O2/c1-5-21-15-28-27(3,4)17-31(21)16-20-14-23(19-9-11-22(33)12-10-19)29-26-25(20)18(2)30-32(26)24-8-6-7-13-34-24/h9-12,14,21,24,28,33H,5-8,13,15-17H2,1-4H3. The summed E-state index contributed by atoms with van der Waals surface area (Å²) in [6.07, 6.45) is 4.24. The lowest BCUT2D eigenvalue weighted by atomic mass is 9.96. The molecule has 2 N–H and O–H groups in total. The van der Waals surface area contributed by atoms with Gasteiger partial charge in [-0.2, -0.15) is 5.10 Å². The number of fused-ring (bicyclic) bond motifs is 1. The highest BCUT2D eigenvalue weighted by Crippen LogP contribution is 2.33. The molecule has 34 heavy (non-hydrogen) atoms. The third-order valence-electron chi connectivity index (χ3n) is 7.29. The molecule has 1 aromatic carbocycles. The van der Waals surface area contributed by atoms with Crippen LogP contribution in [0.4, 0.5) is 0 Å². The fourth-order valence-electron chi connectivity index (χ4n) is 5.45. The molecule has 5 rings (SSSR count). The first kappa shape index (κ1) is 23.3. The number of piperazine rings is 1. The van der Waals surface area contributed by atoms with E-state index in [0.717, 1.165) is 79.9 Å². The van der Waals surface area contributed by atoms with Crippen LogP contribution in [-0.2, 0) is 11.3 Å². The van der Waals surface area contributed by atoms with Crippen molar-refractivity contribution in [2.24, 2.45) is 0 Å². The van der Waals surface area contributed by atoms with Crippen LogP contribution in [0.1, 0.15) is 63.9 Å². The normalized spacial score (nSPS) is 23.4. The van der Waals surface area contributed by atoms with Gasteiger partial charge in [0, 0.05) is 48.8 Å². The summed E-state index contributed by atoms with van der Waals surface area (Å²) in [6, 6.07) is 10.0. The van der Waals surface area contributed by atoms with Crippen LogP contribution in [0.2, 0.25) is 0 Å². The topological polar surface area (TPSA) is 75.4 Å². The molecule has 2 aromatic heterocycles. The molecule has 4 heterocycles. The minimum Gasteiger partial charge on any atom is -0.508 e. The van der Waals surface area contributed by atoms with Crippen molar-refractivity contribution in [2.45, 2.75) is 77.7 Å². The molecule has 182 valence electrons. The van der Waals surface area contributed by atoms with Gasteiger partial charge in [-0.25, -0.2) is 9.67 Å². The number of aromatic nitrogens is 3. The zero-order chi connectivity index (χ0) is 23.9. The fraction of sp³-hybridized carbons (Fsp3) is 0.556. The molecule has 3 aromatic rings. The summed E-state index contributed by atoms with van der Waals surface area (Å²) in [5, 5.41) is 19.6. The Labute approximate surface area is 202 Å². The monoisotopic (exact) mass is 463 g/mol. The Bertz CT molecular complexity index is 1150.